The summed E-state index contributed by atoms with van der Waals surface area (Å²) in [6, 6.07) is 22.4. The third kappa shape index (κ3) is 4.12. The number of amides is 1. The maximum Gasteiger partial charge on any atom is 0.344 e. The van der Waals surface area contributed by atoms with Gasteiger partial charge in [-0.05, 0) is 47.5 Å². The van der Waals surface area contributed by atoms with E-state index in [1.165, 1.54) is 0 Å². The Kier molecular flexibility index (Phi) is 5.13. The lowest BCUT2D eigenvalue weighted by Gasteiger charge is -2.07. The van der Waals surface area contributed by atoms with Crippen LogP contribution in [0.4, 0.5) is 5.69 Å². The standard InChI is InChI=1S/C24H17NO5/c26-22(27)13-15-5-11-19(12-6-15)25-23(28)17-9-7-16(8-10-17)20-14-18-3-1-2-4-21(18)30-24(20)29/h1-12,14H,13H2,(H,25,28)(H,26,27). The predicted octanol–water partition coefficient (Wildman–Crippen LogP) is 4.34. The number of hydrogen-bond acceptors (Lipinski definition) is 4. The predicted molar refractivity (Wildman–Crippen MR) is 114 cm³/mol. The second kappa shape index (κ2) is 8.05. The van der Waals surface area contributed by atoms with E-state index in [0.29, 0.717) is 33.5 Å². The Labute approximate surface area is 171 Å². The molecule has 4 aromatic rings. The summed E-state index contributed by atoms with van der Waals surface area (Å²) in [6.45, 7) is 0. The molecule has 0 aliphatic rings. The van der Waals surface area contributed by atoms with Gasteiger partial charge in [-0.2, -0.15) is 0 Å². The van der Waals surface area contributed by atoms with Crippen molar-refractivity contribution in [2.45, 2.75) is 6.42 Å². The number of para-hydroxylation sites is 1. The quantitative estimate of drug-likeness (QED) is 0.487. The molecule has 0 unspecified atom stereocenters. The van der Waals surface area contributed by atoms with Crippen molar-refractivity contribution < 1.29 is 19.1 Å². The molecular formula is C24H17NO5. The third-order valence-corrected chi connectivity index (χ3v) is 4.67. The van der Waals surface area contributed by atoms with E-state index >= 15 is 0 Å². The van der Waals surface area contributed by atoms with Gasteiger partial charge in [0.2, 0.25) is 0 Å². The number of anilines is 1. The molecule has 1 aromatic heterocycles. The molecule has 0 aliphatic heterocycles. The topological polar surface area (TPSA) is 96.6 Å². The summed E-state index contributed by atoms with van der Waals surface area (Å²) in [4.78, 5) is 35.5. The summed E-state index contributed by atoms with van der Waals surface area (Å²) in [5.41, 5.74) is 2.81. The summed E-state index contributed by atoms with van der Waals surface area (Å²) >= 11 is 0. The molecule has 0 bridgehead atoms. The zero-order chi connectivity index (χ0) is 21.1. The van der Waals surface area contributed by atoms with Crippen molar-refractivity contribution >= 4 is 28.5 Å². The summed E-state index contributed by atoms with van der Waals surface area (Å²) < 4.78 is 5.37. The van der Waals surface area contributed by atoms with E-state index in [-0.39, 0.29) is 12.3 Å². The van der Waals surface area contributed by atoms with Crippen LogP contribution >= 0.6 is 0 Å². The lowest BCUT2D eigenvalue weighted by atomic mass is 10.0. The molecular weight excluding hydrogens is 382 g/mol. The maximum atomic E-state index is 12.5. The Morgan fingerprint density at radius 2 is 1.60 bits per heavy atom. The van der Waals surface area contributed by atoms with Gasteiger partial charge in [0, 0.05) is 16.6 Å². The van der Waals surface area contributed by atoms with Gasteiger partial charge >= 0.3 is 11.6 Å². The normalized spacial score (nSPS) is 10.7. The SMILES string of the molecule is O=C(O)Cc1ccc(NC(=O)c2ccc(-c3cc4ccccc4oc3=O)cc2)cc1. The molecule has 6 nitrogen and oxygen atoms in total. The maximum absolute atomic E-state index is 12.5. The van der Waals surface area contributed by atoms with E-state index in [1.54, 1.807) is 66.7 Å². The van der Waals surface area contributed by atoms with Crippen LogP contribution in [0.5, 0.6) is 0 Å². The zero-order valence-electron chi connectivity index (χ0n) is 15.8. The summed E-state index contributed by atoms with van der Waals surface area (Å²) in [5.74, 6) is -1.22. The van der Waals surface area contributed by atoms with Gasteiger partial charge in [0.05, 0.1) is 12.0 Å². The molecule has 0 atom stereocenters. The number of carboxylic acid groups (broad SMARTS) is 1. The van der Waals surface area contributed by atoms with Crippen molar-refractivity contribution in [3.05, 3.63) is 100 Å². The highest BCUT2D eigenvalue weighted by Crippen LogP contribution is 2.22. The zero-order valence-corrected chi connectivity index (χ0v) is 15.8. The van der Waals surface area contributed by atoms with Crippen molar-refractivity contribution in [2.24, 2.45) is 0 Å². The van der Waals surface area contributed by atoms with Gasteiger partial charge < -0.3 is 14.8 Å². The van der Waals surface area contributed by atoms with Crippen molar-refractivity contribution in [2.75, 3.05) is 5.32 Å². The van der Waals surface area contributed by atoms with Crippen molar-refractivity contribution in [1.29, 1.82) is 0 Å². The molecule has 0 saturated heterocycles. The number of aliphatic carboxylic acids is 1. The molecule has 0 spiro atoms. The first-order valence-electron chi connectivity index (χ1n) is 9.25. The van der Waals surface area contributed by atoms with E-state index in [4.69, 9.17) is 9.52 Å². The van der Waals surface area contributed by atoms with Crippen LogP contribution in [-0.2, 0) is 11.2 Å². The largest absolute Gasteiger partial charge is 0.481 e. The first-order chi connectivity index (χ1) is 14.5. The highest BCUT2D eigenvalue weighted by atomic mass is 16.4. The average molecular weight is 399 g/mol. The number of carbonyl (C=O) groups is 2. The van der Waals surface area contributed by atoms with Gasteiger partial charge in [0.15, 0.2) is 0 Å². The first-order valence-corrected chi connectivity index (χ1v) is 9.25. The molecule has 0 aliphatic carbocycles. The van der Waals surface area contributed by atoms with Gasteiger partial charge in [-0.3, -0.25) is 9.59 Å². The lowest BCUT2D eigenvalue weighted by molar-refractivity contribution is -0.136. The number of carbonyl (C=O) groups excluding carboxylic acids is 1. The molecule has 4 rings (SSSR count). The summed E-state index contributed by atoms with van der Waals surface area (Å²) in [7, 11) is 0. The Hall–Kier alpha value is -4.19. The van der Waals surface area contributed by atoms with Crippen LogP contribution in [0.2, 0.25) is 0 Å². The minimum atomic E-state index is -0.910. The van der Waals surface area contributed by atoms with E-state index in [2.05, 4.69) is 5.32 Å². The molecule has 1 amide bonds. The molecule has 0 fully saturated rings. The highest BCUT2D eigenvalue weighted by Gasteiger charge is 2.10. The second-order valence-electron chi connectivity index (χ2n) is 6.78. The molecule has 0 saturated carbocycles. The monoisotopic (exact) mass is 399 g/mol. The van der Waals surface area contributed by atoms with Crippen molar-refractivity contribution in [3.63, 3.8) is 0 Å². The molecule has 3 aromatic carbocycles. The fraction of sp³-hybridized carbons (Fsp3) is 0.0417. The average Bonchev–Trinajstić information content (AvgIpc) is 2.74. The Morgan fingerprint density at radius 1 is 0.900 bits per heavy atom. The number of hydrogen-bond donors (Lipinski definition) is 2. The van der Waals surface area contributed by atoms with Gasteiger partial charge in [0.25, 0.3) is 5.91 Å². The Bertz CT molecular complexity index is 1290. The molecule has 6 heteroatoms. The number of fused-ring (bicyclic) bond motifs is 1. The van der Waals surface area contributed by atoms with Gasteiger partial charge in [0.1, 0.15) is 5.58 Å². The fourth-order valence-electron chi connectivity index (χ4n) is 3.15. The smallest absolute Gasteiger partial charge is 0.344 e. The van der Waals surface area contributed by atoms with Gasteiger partial charge in [-0.1, -0.05) is 42.5 Å². The molecule has 148 valence electrons. The molecule has 1 heterocycles. The van der Waals surface area contributed by atoms with E-state index in [9.17, 15) is 14.4 Å². The van der Waals surface area contributed by atoms with Crippen molar-refractivity contribution in [3.8, 4) is 11.1 Å². The number of carboxylic acids is 1. The highest BCUT2D eigenvalue weighted by molar-refractivity contribution is 6.04. The Balaban J connectivity index is 1.52. The minimum Gasteiger partial charge on any atom is -0.481 e. The fourth-order valence-corrected chi connectivity index (χ4v) is 3.15. The van der Waals surface area contributed by atoms with Crippen LogP contribution < -0.4 is 10.9 Å². The van der Waals surface area contributed by atoms with Crippen LogP contribution in [0.3, 0.4) is 0 Å². The van der Waals surface area contributed by atoms with Crippen molar-refractivity contribution in [1.82, 2.24) is 0 Å². The van der Waals surface area contributed by atoms with Crippen LogP contribution in [-0.4, -0.2) is 17.0 Å². The Morgan fingerprint density at radius 3 is 2.30 bits per heavy atom. The van der Waals surface area contributed by atoms with Crippen LogP contribution in [0.15, 0.2) is 88.1 Å². The van der Waals surface area contributed by atoms with Crippen LogP contribution in [0.25, 0.3) is 22.1 Å². The first kappa shape index (κ1) is 19.1. The molecule has 0 radical (unpaired) electrons. The van der Waals surface area contributed by atoms with Crippen LogP contribution in [0.1, 0.15) is 15.9 Å². The molecule has 2 N–H and O–H groups in total. The number of nitrogens with one attached hydrogen (secondary N) is 1. The van der Waals surface area contributed by atoms with Gasteiger partial charge in [-0.25, -0.2) is 4.79 Å². The van der Waals surface area contributed by atoms with Gasteiger partial charge in [-0.15, -0.1) is 0 Å². The minimum absolute atomic E-state index is 0.0710. The van der Waals surface area contributed by atoms with E-state index in [0.717, 1.165) is 5.39 Å². The third-order valence-electron chi connectivity index (χ3n) is 4.67. The summed E-state index contributed by atoms with van der Waals surface area (Å²) in [6.07, 6.45) is -0.0710. The summed E-state index contributed by atoms with van der Waals surface area (Å²) in [5, 5.41) is 12.4. The molecule has 30 heavy (non-hydrogen) atoms. The lowest BCUT2D eigenvalue weighted by Crippen LogP contribution is -2.12. The van der Waals surface area contributed by atoms with E-state index < -0.39 is 11.6 Å². The van der Waals surface area contributed by atoms with Crippen LogP contribution in [0, 0.1) is 0 Å². The van der Waals surface area contributed by atoms with E-state index in [1.807, 2.05) is 12.1 Å². The number of benzene rings is 3. The number of rotatable bonds is 5. The second-order valence-corrected chi connectivity index (χ2v) is 6.78.